The first-order chi connectivity index (χ1) is 11.2. The smallest absolute Gasteiger partial charge is 0.251 e. The third-order valence-corrected chi connectivity index (χ3v) is 4.84. The molecular weight excluding hydrogens is 310 g/mol. The minimum absolute atomic E-state index is 0.00277. The number of aromatic nitrogens is 2. The summed E-state index contributed by atoms with van der Waals surface area (Å²) in [4.78, 5) is 12.2. The van der Waals surface area contributed by atoms with E-state index >= 15 is 0 Å². The van der Waals surface area contributed by atoms with Crippen molar-refractivity contribution >= 4 is 17.6 Å². The molecule has 0 radical (unpaired) electrons. The largest absolute Gasteiger partial charge is 0.487 e. The van der Waals surface area contributed by atoms with E-state index < -0.39 is 0 Å². The minimum atomic E-state index is 0.00277. The van der Waals surface area contributed by atoms with Crippen LogP contribution in [0, 0.1) is 6.92 Å². The van der Waals surface area contributed by atoms with Gasteiger partial charge in [-0.25, -0.2) is 0 Å². The molecule has 0 atom stereocenters. The Labute approximate surface area is 140 Å². The van der Waals surface area contributed by atoms with Crippen molar-refractivity contribution in [2.24, 2.45) is 0 Å². The fourth-order valence-electron chi connectivity index (χ4n) is 2.75. The molecule has 1 aliphatic carbocycles. The van der Waals surface area contributed by atoms with E-state index in [1.165, 1.54) is 31.0 Å². The van der Waals surface area contributed by atoms with E-state index in [1.54, 1.807) is 12.1 Å². The highest BCUT2D eigenvalue weighted by Crippen LogP contribution is 2.19. The fourth-order valence-corrected chi connectivity index (χ4v) is 3.30. The molecule has 1 fully saturated rings. The number of aryl methyl sites for hydroxylation is 1. The number of hydrogen-bond donors (Lipinski definition) is 1. The summed E-state index contributed by atoms with van der Waals surface area (Å²) in [5.74, 6) is 0.731. The monoisotopic (exact) mass is 331 g/mol. The van der Waals surface area contributed by atoms with Crippen LogP contribution in [0.5, 0.6) is 5.75 Å². The number of hydrogen-bond acceptors (Lipinski definition) is 5. The van der Waals surface area contributed by atoms with Crippen LogP contribution >= 0.6 is 11.7 Å². The van der Waals surface area contributed by atoms with Crippen LogP contribution in [0.3, 0.4) is 0 Å². The predicted octanol–water partition coefficient (Wildman–Crippen LogP) is 3.49. The van der Waals surface area contributed by atoms with E-state index in [2.05, 4.69) is 14.1 Å². The molecule has 1 N–H and O–H groups in total. The van der Waals surface area contributed by atoms with Crippen molar-refractivity contribution in [3.8, 4) is 5.75 Å². The van der Waals surface area contributed by atoms with Gasteiger partial charge < -0.3 is 10.1 Å². The second-order valence-electron chi connectivity index (χ2n) is 5.92. The zero-order valence-electron chi connectivity index (χ0n) is 13.2. The van der Waals surface area contributed by atoms with Gasteiger partial charge in [0.25, 0.3) is 5.91 Å². The molecule has 0 unspecified atom stereocenters. The fraction of sp³-hybridized carbons (Fsp3) is 0.471. The van der Waals surface area contributed by atoms with Crippen LogP contribution in [0.4, 0.5) is 0 Å². The van der Waals surface area contributed by atoms with Crippen molar-refractivity contribution in [1.29, 1.82) is 0 Å². The SMILES string of the molecule is Cc1nsnc1COc1ccc(C(=O)NC2CCCCC2)cc1. The lowest BCUT2D eigenvalue weighted by molar-refractivity contribution is 0.0927. The van der Waals surface area contributed by atoms with Crippen LogP contribution in [-0.4, -0.2) is 20.7 Å². The Balaban J connectivity index is 1.53. The Morgan fingerprint density at radius 1 is 1.22 bits per heavy atom. The first-order valence-electron chi connectivity index (χ1n) is 8.04. The maximum atomic E-state index is 12.2. The van der Waals surface area contributed by atoms with Gasteiger partial charge in [-0.1, -0.05) is 19.3 Å². The highest BCUT2D eigenvalue weighted by Gasteiger charge is 2.16. The van der Waals surface area contributed by atoms with Crippen molar-refractivity contribution in [2.75, 3.05) is 0 Å². The Hall–Kier alpha value is -1.95. The number of carbonyl (C=O) groups excluding carboxylic acids is 1. The molecule has 0 bridgehead atoms. The number of rotatable bonds is 5. The van der Waals surface area contributed by atoms with Crippen LogP contribution in [0.25, 0.3) is 0 Å². The summed E-state index contributed by atoms with van der Waals surface area (Å²) in [5.41, 5.74) is 2.43. The molecular formula is C17H21N3O2S. The molecule has 1 aromatic carbocycles. The van der Waals surface area contributed by atoms with Crippen LogP contribution in [0.15, 0.2) is 24.3 Å². The van der Waals surface area contributed by atoms with E-state index in [-0.39, 0.29) is 5.91 Å². The summed E-state index contributed by atoms with van der Waals surface area (Å²) in [6.07, 6.45) is 5.89. The number of carbonyl (C=O) groups is 1. The Bertz CT molecular complexity index is 648. The van der Waals surface area contributed by atoms with Gasteiger partial charge in [-0.15, -0.1) is 0 Å². The molecule has 0 aliphatic heterocycles. The molecule has 1 amide bonds. The number of ether oxygens (including phenoxy) is 1. The topological polar surface area (TPSA) is 64.1 Å². The number of benzene rings is 1. The van der Waals surface area contributed by atoms with Crippen LogP contribution in [0.2, 0.25) is 0 Å². The van der Waals surface area contributed by atoms with Crippen molar-refractivity contribution in [2.45, 2.75) is 51.7 Å². The van der Waals surface area contributed by atoms with Crippen LogP contribution in [0.1, 0.15) is 53.8 Å². The van der Waals surface area contributed by atoms with Gasteiger partial charge >= 0.3 is 0 Å². The molecule has 0 saturated heterocycles. The Kier molecular flexibility index (Phi) is 5.23. The lowest BCUT2D eigenvalue weighted by atomic mass is 9.95. The average Bonchev–Trinajstić information content (AvgIpc) is 2.99. The Morgan fingerprint density at radius 3 is 2.61 bits per heavy atom. The van der Waals surface area contributed by atoms with Gasteiger partial charge in [-0.05, 0) is 44.0 Å². The van der Waals surface area contributed by atoms with Gasteiger partial charge in [0, 0.05) is 11.6 Å². The maximum absolute atomic E-state index is 12.2. The second-order valence-corrected chi connectivity index (χ2v) is 6.45. The third kappa shape index (κ3) is 4.28. The summed E-state index contributed by atoms with van der Waals surface area (Å²) >= 11 is 1.19. The van der Waals surface area contributed by atoms with E-state index in [0.29, 0.717) is 18.2 Å². The Morgan fingerprint density at radius 2 is 1.96 bits per heavy atom. The van der Waals surface area contributed by atoms with Crippen molar-refractivity contribution in [3.05, 3.63) is 41.2 Å². The van der Waals surface area contributed by atoms with Gasteiger partial charge in [0.05, 0.1) is 17.4 Å². The van der Waals surface area contributed by atoms with Crippen LogP contribution in [-0.2, 0) is 6.61 Å². The number of nitrogens with one attached hydrogen (secondary N) is 1. The van der Waals surface area contributed by atoms with E-state index in [0.717, 1.165) is 30.0 Å². The maximum Gasteiger partial charge on any atom is 0.251 e. The summed E-state index contributed by atoms with van der Waals surface area (Å²) in [5, 5.41) is 3.12. The van der Waals surface area contributed by atoms with E-state index in [1.807, 2.05) is 19.1 Å². The molecule has 1 saturated carbocycles. The van der Waals surface area contributed by atoms with Gasteiger partial charge in [0.2, 0.25) is 0 Å². The highest BCUT2D eigenvalue weighted by atomic mass is 32.1. The molecule has 5 nitrogen and oxygen atoms in total. The number of amides is 1. The summed E-state index contributed by atoms with van der Waals surface area (Å²) in [6, 6.07) is 7.59. The van der Waals surface area contributed by atoms with Gasteiger partial charge in [-0.2, -0.15) is 8.75 Å². The van der Waals surface area contributed by atoms with Crippen molar-refractivity contribution in [3.63, 3.8) is 0 Å². The lowest BCUT2D eigenvalue weighted by Crippen LogP contribution is -2.36. The summed E-state index contributed by atoms with van der Waals surface area (Å²) in [6.45, 7) is 2.32. The molecule has 6 heteroatoms. The quantitative estimate of drug-likeness (QED) is 0.911. The normalized spacial score (nSPS) is 15.3. The third-order valence-electron chi connectivity index (χ3n) is 4.18. The van der Waals surface area contributed by atoms with Crippen molar-refractivity contribution < 1.29 is 9.53 Å². The second kappa shape index (κ2) is 7.55. The first kappa shape index (κ1) is 15.9. The zero-order chi connectivity index (χ0) is 16.1. The van der Waals surface area contributed by atoms with Gasteiger partial charge in [0.15, 0.2) is 0 Å². The molecule has 2 aromatic rings. The average molecular weight is 331 g/mol. The molecule has 122 valence electrons. The molecule has 23 heavy (non-hydrogen) atoms. The minimum Gasteiger partial charge on any atom is -0.487 e. The zero-order valence-corrected chi connectivity index (χ0v) is 14.1. The van der Waals surface area contributed by atoms with Gasteiger partial charge in [-0.3, -0.25) is 4.79 Å². The molecule has 1 heterocycles. The molecule has 1 aromatic heterocycles. The van der Waals surface area contributed by atoms with E-state index in [4.69, 9.17) is 4.74 Å². The van der Waals surface area contributed by atoms with Crippen LogP contribution < -0.4 is 10.1 Å². The lowest BCUT2D eigenvalue weighted by Gasteiger charge is -2.22. The standard InChI is InChI=1S/C17H21N3O2S/c1-12-16(20-23-19-12)11-22-15-9-7-13(8-10-15)17(21)18-14-5-3-2-4-6-14/h7-10,14H,2-6,11H2,1H3,(H,18,21). The predicted molar refractivity (Wildman–Crippen MR) is 89.8 cm³/mol. The number of nitrogens with zero attached hydrogens (tertiary/aromatic N) is 2. The first-order valence-corrected chi connectivity index (χ1v) is 8.77. The molecule has 1 aliphatic rings. The summed E-state index contributed by atoms with van der Waals surface area (Å²) in [7, 11) is 0. The van der Waals surface area contributed by atoms with Gasteiger partial charge in [0.1, 0.15) is 18.1 Å². The molecule has 3 rings (SSSR count). The van der Waals surface area contributed by atoms with Crippen molar-refractivity contribution in [1.82, 2.24) is 14.1 Å². The highest BCUT2D eigenvalue weighted by molar-refractivity contribution is 6.99. The molecule has 0 spiro atoms. The summed E-state index contributed by atoms with van der Waals surface area (Å²) < 4.78 is 14.0. The van der Waals surface area contributed by atoms with E-state index in [9.17, 15) is 4.79 Å².